The molecule has 0 heterocycles. The second-order valence-electron chi connectivity index (χ2n) is 4.88. The highest BCUT2D eigenvalue weighted by Gasteiger charge is 2.06. The molecule has 0 spiro atoms. The number of hydrogen-bond acceptors (Lipinski definition) is 3. The van der Waals surface area contributed by atoms with Gasteiger partial charge in [-0.1, -0.05) is 24.6 Å². The zero-order valence-corrected chi connectivity index (χ0v) is 12.3. The number of benzene rings is 2. The fourth-order valence-corrected chi connectivity index (χ4v) is 2.02. The Balaban J connectivity index is 2.19. The van der Waals surface area contributed by atoms with Crippen molar-refractivity contribution in [3.63, 3.8) is 0 Å². The van der Waals surface area contributed by atoms with Crippen LogP contribution < -0.4 is 15.8 Å². The Kier molecular flexibility index (Phi) is 4.95. The van der Waals surface area contributed by atoms with E-state index in [0.29, 0.717) is 11.3 Å². The largest absolute Gasteiger partial charge is 0.457 e. The lowest BCUT2D eigenvalue weighted by Crippen LogP contribution is -2.12. The van der Waals surface area contributed by atoms with E-state index in [1.807, 2.05) is 12.1 Å². The summed E-state index contributed by atoms with van der Waals surface area (Å²) in [5.41, 5.74) is 8.00. The van der Waals surface area contributed by atoms with Crippen molar-refractivity contribution in [1.82, 2.24) is 5.32 Å². The first-order chi connectivity index (χ1) is 10.1. The molecule has 0 atom stereocenters. The third-order valence-corrected chi connectivity index (χ3v) is 3.15. The van der Waals surface area contributed by atoms with Gasteiger partial charge in [0.1, 0.15) is 11.5 Å². The Labute approximate surface area is 124 Å². The first-order valence-corrected chi connectivity index (χ1v) is 6.98. The van der Waals surface area contributed by atoms with Crippen molar-refractivity contribution >= 4 is 5.91 Å². The molecule has 1 amide bonds. The maximum Gasteiger partial charge on any atom is 0.248 e. The van der Waals surface area contributed by atoms with Crippen LogP contribution in [-0.4, -0.2) is 12.5 Å². The minimum atomic E-state index is -0.440. The minimum absolute atomic E-state index is 0.440. The summed E-state index contributed by atoms with van der Waals surface area (Å²) in [5.74, 6) is 1.06. The fourth-order valence-electron chi connectivity index (χ4n) is 2.02. The first kappa shape index (κ1) is 15.1. The molecule has 21 heavy (non-hydrogen) atoms. The van der Waals surface area contributed by atoms with E-state index in [2.05, 4.69) is 25.2 Å². The molecule has 2 aromatic carbocycles. The average molecular weight is 284 g/mol. The van der Waals surface area contributed by atoms with Crippen molar-refractivity contribution in [2.75, 3.05) is 6.54 Å². The molecule has 0 aliphatic rings. The Bertz CT molecular complexity index is 621. The third-order valence-electron chi connectivity index (χ3n) is 3.15. The van der Waals surface area contributed by atoms with E-state index in [-0.39, 0.29) is 0 Å². The highest BCUT2D eigenvalue weighted by Crippen LogP contribution is 2.26. The second kappa shape index (κ2) is 6.90. The Morgan fingerprint density at radius 1 is 1.19 bits per heavy atom. The third kappa shape index (κ3) is 4.07. The van der Waals surface area contributed by atoms with E-state index in [4.69, 9.17) is 10.5 Å². The minimum Gasteiger partial charge on any atom is -0.457 e. The van der Waals surface area contributed by atoms with Gasteiger partial charge < -0.3 is 15.8 Å². The zero-order valence-electron chi connectivity index (χ0n) is 12.3. The van der Waals surface area contributed by atoms with Gasteiger partial charge in [-0.2, -0.15) is 0 Å². The molecule has 0 aliphatic carbocycles. The summed E-state index contributed by atoms with van der Waals surface area (Å²) in [7, 11) is 0. The van der Waals surface area contributed by atoms with E-state index < -0.39 is 5.91 Å². The average Bonchev–Trinajstić information content (AvgIpc) is 2.48. The van der Waals surface area contributed by atoms with Crippen molar-refractivity contribution in [2.24, 2.45) is 5.73 Å². The molecule has 0 aliphatic heterocycles. The van der Waals surface area contributed by atoms with Crippen LogP contribution in [0.1, 0.15) is 28.4 Å². The number of carbonyl (C=O) groups excluding carboxylic acids is 1. The molecule has 0 saturated heterocycles. The van der Waals surface area contributed by atoms with Gasteiger partial charge in [0.15, 0.2) is 0 Å². The summed E-state index contributed by atoms with van der Waals surface area (Å²) in [5, 5.41) is 3.30. The summed E-state index contributed by atoms with van der Waals surface area (Å²) in [6, 6.07) is 12.9. The Morgan fingerprint density at radius 3 is 2.52 bits per heavy atom. The molecule has 4 heteroatoms. The van der Waals surface area contributed by atoms with Crippen molar-refractivity contribution in [2.45, 2.75) is 20.4 Å². The predicted octanol–water partition coefficient (Wildman–Crippen LogP) is 3.00. The maximum atomic E-state index is 11.1. The smallest absolute Gasteiger partial charge is 0.248 e. The summed E-state index contributed by atoms with van der Waals surface area (Å²) >= 11 is 0. The van der Waals surface area contributed by atoms with Crippen LogP contribution in [0.2, 0.25) is 0 Å². The van der Waals surface area contributed by atoms with Crippen LogP contribution in [0.4, 0.5) is 0 Å². The molecule has 0 aromatic heterocycles. The number of carbonyl (C=O) groups is 1. The zero-order chi connectivity index (χ0) is 15.2. The lowest BCUT2D eigenvalue weighted by atomic mass is 10.1. The molecule has 110 valence electrons. The topological polar surface area (TPSA) is 64.3 Å². The molecule has 0 bridgehead atoms. The first-order valence-electron chi connectivity index (χ1n) is 6.98. The van der Waals surface area contributed by atoms with Gasteiger partial charge in [-0.15, -0.1) is 0 Å². The standard InChI is InChI=1S/C17H20N2O2/c1-3-19-11-14-10-12(2)4-9-16(14)21-15-7-5-13(6-8-15)17(18)20/h4-10,19H,3,11H2,1-2H3,(H2,18,20). The quantitative estimate of drug-likeness (QED) is 0.857. The number of ether oxygens (including phenoxy) is 1. The fraction of sp³-hybridized carbons (Fsp3) is 0.235. The number of aryl methyl sites for hydroxylation is 1. The van der Waals surface area contributed by atoms with Crippen molar-refractivity contribution in [3.8, 4) is 11.5 Å². The van der Waals surface area contributed by atoms with Crippen LogP contribution in [0.15, 0.2) is 42.5 Å². The normalized spacial score (nSPS) is 10.4. The lowest BCUT2D eigenvalue weighted by Gasteiger charge is -2.12. The van der Waals surface area contributed by atoms with E-state index in [1.165, 1.54) is 5.56 Å². The van der Waals surface area contributed by atoms with Crippen molar-refractivity contribution in [1.29, 1.82) is 0 Å². The van der Waals surface area contributed by atoms with Gasteiger partial charge in [-0.25, -0.2) is 0 Å². The van der Waals surface area contributed by atoms with Crippen molar-refractivity contribution < 1.29 is 9.53 Å². The van der Waals surface area contributed by atoms with Crippen LogP contribution in [0, 0.1) is 6.92 Å². The van der Waals surface area contributed by atoms with E-state index >= 15 is 0 Å². The summed E-state index contributed by atoms with van der Waals surface area (Å²) in [6.07, 6.45) is 0. The molecular formula is C17H20N2O2. The summed E-state index contributed by atoms with van der Waals surface area (Å²) in [6.45, 7) is 5.79. The number of nitrogens with two attached hydrogens (primary N) is 1. The monoisotopic (exact) mass is 284 g/mol. The SMILES string of the molecule is CCNCc1cc(C)ccc1Oc1ccc(C(N)=O)cc1. The molecule has 4 nitrogen and oxygen atoms in total. The van der Waals surface area contributed by atoms with Crippen LogP contribution in [0.25, 0.3) is 0 Å². The van der Waals surface area contributed by atoms with Gasteiger partial charge in [0, 0.05) is 17.7 Å². The molecular weight excluding hydrogens is 264 g/mol. The Morgan fingerprint density at radius 2 is 1.90 bits per heavy atom. The van der Waals surface area contributed by atoms with Gasteiger partial charge in [0.25, 0.3) is 0 Å². The highest BCUT2D eigenvalue weighted by molar-refractivity contribution is 5.92. The van der Waals surface area contributed by atoms with Gasteiger partial charge in [0.2, 0.25) is 5.91 Å². The molecule has 2 rings (SSSR count). The van der Waals surface area contributed by atoms with Crippen LogP contribution >= 0.6 is 0 Å². The number of rotatable bonds is 6. The van der Waals surface area contributed by atoms with Gasteiger partial charge in [-0.05, 0) is 43.8 Å². The molecule has 0 saturated carbocycles. The molecule has 0 fully saturated rings. The molecule has 0 unspecified atom stereocenters. The van der Waals surface area contributed by atoms with Gasteiger partial charge in [-0.3, -0.25) is 4.79 Å². The van der Waals surface area contributed by atoms with Crippen LogP contribution in [-0.2, 0) is 6.54 Å². The maximum absolute atomic E-state index is 11.1. The molecule has 3 N–H and O–H groups in total. The number of nitrogens with one attached hydrogen (secondary N) is 1. The van der Waals surface area contributed by atoms with Gasteiger partial charge in [0.05, 0.1) is 0 Å². The number of hydrogen-bond donors (Lipinski definition) is 2. The summed E-state index contributed by atoms with van der Waals surface area (Å²) < 4.78 is 5.90. The van der Waals surface area contributed by atoms with Crippen LogP contribution in [0.3, 0.4) is 0 Å². The number of amides is 1. The lowest BCUT2D eigenvalue weighted by molar-refractivity contribution is 0.100. The second-order valence-corrected chi connectivity index (χ2v) is 4.88. The Hall–Kier alpha value is -2.33. The molecule has 2 aromatic rings. The van der Waals surface area contributed by atoms with E-state index in [1.54, 1.807) is 24.3 Å². The van der Waals surface area contributed by atoms with E-state index in [0.717, 1.165) is 24.4 Å². The number of primary amides is 1. The highest BCUT2D eigenvalue weighted by atomic mass is 16.5. The van der Waals surface area contributed by atoms with Gasteiger partial charge >= 0.3 is 0 Å². The van der Waals surface area contributed by atoms with Crippen molar-refractivity contribution in [3.05, 3.63) is 59.2 Å². The summed E-state index contributed by atoms with van der Waals surface area (Å²) in [4.78, 5) is 11.1. The molecule has 0 radical (unpaired) electrons. The van der Waals surface area contributed by atoms with E-state index in [9.17, 15) is 4.79 Å². The van der Waals surface area contributed by atoms with Crippen LogP contribution in [0.5, 0.6) is 11.5 Å². The predicted molar refractivity (Wildman–Crippen MR) is 83.6 cm³/mol.